The Bertz CT molecular complexity index is 816. The number of halogens is 2. The van der Waals surface area contributed by atoms with Gasteiger partial charge in [-0.1, -0.05) is 29.8 Å². The van der Waals surface area contributed by atoms with Crippen LogP contribution in [0.4, 0.5) is 10.1 Å². The number of allylic oxidation sites excluding steroid dienone is 2. The van der Waals surface area contributed by atoms with Gasteiger partial charge in [0.25, 0.3) is 0 Å². The molecule has 3 rings (SSSR count). The first-order chi connectivity index (χ1) is 11.5. The van der Waals surface area contributed by atoms with Crippen LogP contribution in [0.15, 0.2) is 66.9 Å². The molecule has 0 aromatic heterocycles. The van der Waals surface area contributed by atoms with Crippen molar-refractivity contribution in [3.05, 3.63) is 89.4 Å². The van der Waals surface area contributed by atoms with E-state index in [-0.39, 0.29) is 11.7 Å². The smallest absolute Gasteiger partial charge is 0.219 e. The molecular formula is C19H15ClFN2O. The molecule has 1 unspecified atom stereocenters. The average molecular weight is 342 g/mol. The zero-order chi connectivity index (χ0) is 17.2. The van der Waals surface area contributed by atoms with Crippen molar-refractivity contribution in [2.75, 3.05) is 4.90 Å². The van der Waals surface area contributed by atoms with Gasteiger partial charge in [-0.2, -0.15) is 0 Å². The van der Waals surface area contributed by atoms with Crippen LogP contribution in [0.5, 0.6) is 0 Å². The standard InChI is InChI=1S/C19H15ClFN2O/c1-14(24)22-19(15-7-9-17(21)10-8-15)11-2-3-12-23(19)18-6-4-5-16(20)13-18/h3-13H,1H3,(H,22,24). The van der Waals surface area contributed by atoms with Gasteiger partial charge in [-0.25, -0.2) is 4.39 Å². The molecule has 5 heteroatoms. The zero-order valence-electron chi connectivity index (χ0n) is 13.0. The Morgan fingerprint density at radius 1 is 1.25 bits per heavy atom. The second kappa shape index (κ2) is 6.49. The minimum atomic E-state index is -1.01. The fraction of sp³-hybridized carbons (Fsp3) is 0.105. The summed E-state index contributed by atoms with van der Waals surface area (Å²) in [5, 5.41) is 3.53. The number of carbonyl (C=O) groups is 1. The highest BCUT2D eigenvalue weighted by Gasteiger charge is 2.38. The number of amides is 1. The fourth-order valence-electron chi connectivity index (χ4n) is 2.75. The molecule has 0 bridgehead atoms. The van der Waals surface area contributed by atoms with Gasteiger partial charge in [0.1, 0.15) is 5.82 Å². The number of hydrogen-bond donors (Lipinski definition) is 1. The molecule has 2 aromatic rings. The Labute approximate surface area is 145 Å². The molecule has 2 aromatic carbocycles. The SMILES string of the molecule is CC(=O)NC1(c2ccc(F)cc2)C=[C]C=CN1c1cccc(Cl)c1. The molecule has 0 fully saturated rings. The number of anilines is 1. The topological polar surface area (TPSA) is 32.3 Å². The van der Waals surface area contributed by atoms with Crippen LogP contribution < -0.4 is 10.2 Å². The molecule has 0 saturated heterocycles. The minimum Gasteiger partial charge on any atom is -0.326 e. The van der Waals surface area contributed by atoms with E-state index in [1.54, 1.807) is 42.6 Å². The molecule has 0 aliphatic carbocycles. The highest BCUT2D eigenvalue weighted by atomic mass is 35.5. The van der Waals surface area contributed by atoms with E-state index in [9.17, 15) is 9.18 Å². The molecule has 1 atom stereocenters. The van der Waals surface area contributed by atoms with Gasteiger partial charge in [0.05, 0.1) is 0 Å². The first kappa shape index (κ1) is 16.3. The quantitative estimate of drug-likeness (QED) is 0.909. The lowest BCUT2D eigenvalue weighted by Crippen LogP contribution is -2.55. The summed E-state index contributed by atoms with van der Waals surface area (Å²) in [7, 11) is 0. The van der Waals surface area contributed by atoms with Crippen molar-refractivity contribution in [2.45, 2.75) is 12.6 Å². The highest BCUT2D eigenvalue weighted by molar-refractivity contribution is 6.30. The van der Waals surface area contributed by atoms with Crippen molar-refractivity contribution in [3.63, 3.8) is 0 Å². The van der Waals surface area contributed by atoms with E-state index in [0.29, 0.717) is 10.6 Å². The summed E-state index contributed by atoms with van der Waals surface area (Å²) in [6.07, 6.45) is 8.30. The summed E-state index contributed by atoms with van der Waals surface area (Å²) in [6, 6.07) is 13.3. The predicted octanol–water partition coefficient (Wildman–Crippen LogP) is 4.16. The van der Waals surface area contributed by atoms with Crippen molar-refractivity contribution >= 4 is 23.2 Å². The lowest BCUT2D eigenvalue weighted by Gasteiger charge is -2.43. The first-order valence-corrected chi connectivity index (χ1v) is 7.76. The normalized spacial score (nSPS) is 19.4. The van der Waals surface area contributed by atoms with Gasteiger partial charge in [0.2, 0.25) is 5.91 Å². The Morgan fingerprint density at radius 3 is 2.67 bits per heavy atom. The maximum Gasteiger partial charge on any atom is 0.219 e. The van der Waals surface area contributed by atoms with Gasteiger partial charge in [0.15, 0.2) is 5.66 Å². The van der Waals surface area contributed by atoms with Gasteiger partial charge < -0.3 is 10.2 Å². The molecule has 24 heavy (non-hydrogen) atoms. The average Bonchev–Trinajstić information content (AvgIpc) is 2.55. The number of benzene rings is 2. The molecule has 1 radical (unpaired) electrons. The van der Waals surface area contributed by atoms with Crippen LogP contribution in [0.2, 0.25) is 5.02 Å². The summed E-state index contributed by atoms with van der Waals surface area (Å²) >= 11 is 6.12. The van der Waals surface area contributed by atoms with E-state index >= 15 is 0 Å². The van der Waals surface area contributed by atoms with E-state index in [2.05, 4.69) is 11.4 Å². The number of nitrogens with zero attached hydrogens (tertiary/aromatic N) is 1. The Morgan fingerprint density at radius 2 is 2.00 bits per heavy atom. The highest BCUT2D eigenvalue weighted by Crippen LogP contribution is 2.36. The largest absolute Gasteiger partial charge is 0.326 e. The van der Waals surface area contributed by atoms with Crippen LogP contribution in [-0.2, 0) is 10.5 Å². The molecule has 1 amide bonds. The molecule has 1 aliphatic rings. The Kier molecular flexibility index (Phi) is 4.40. The second-order valence-corrected chi connectivity index (χ2v) is 5.87. The third kappa shape index (κ3) is 3.05. The molecule has 1 N–H and O–H groups in total. The number of carbonyl (C=O) groups excluding carboxylic acids is 1. The summed E-state index contributed by atoms with van der Waals surface area (Å²) in [5.74, 6) is -0.565. The monoisotopic (exact) mass is 341 g/mol. The maximum absolute atomic E-state index is 13.4. The third-order valence-corrected chi connectivity index (χ3v) is 3.96. The van der Waals surface area contributed by atoms with Crippen molar-refractivity contribution in [1.82, 2.24) is 5.32 Å². The van der Waals surface area contributed by atoms with E-state index in [4.69, 9.17) is 11.6 Å². The molecular weight excluding hydrogens is 327 g/mol. The van der Waals surface area contributed by atoms with Gasteiger partial charge in [-0.15, -0.1) is 0 Å². The molecule has 3 nitrogen and oxygen atoms in total. The second-order valence-electron chi connectivity index (χ2n) is 5.43. The predicted molar refractivity (Wildman–Crippen MR) is 92.8 cm³/mol. The van der Waals surface area contributed by atoms with Crippen LogP contribution in [0, 0.1) is 11.9 Å². The van der Waals surface area contributed by atoms with Gasteiger partial charge in [0, 0.05) is 29.4 Å². The molecule has 1 aliphatic heterocycles. The lowest BCUT2D eigenvalue weighted by atomic mass is 9.94. The van der Waals surface area contributed by atoms with E-state index in [1.807, 2.05) is 17.0 Å². The number of hydrogen-bond acceptors (Lipinski definition) is 2. The van der Waals surface area contributed by atoms with Crippen LogP contribution in [0.25, 0.3) is 0 Å². The van der Waals surface area contributed by atoms with E-state index in [1.165, 1.54) is 19.1 Å². The molecule has 1 heterocycles. The van der Waals surface area contributed by atoms with Gasteiger partial charge >= 0.3 is 0 Å². The Balaban J connectivity index is 2.17. The van der Waals surface area contributed by atoms with Crippen LogP contribution in [0.1, 0.15) is 12.5 Å². The van der Waals surface area contributed by atoms with Crippen molar-refractivity contribution < 1.29 is 9.18 Å². The third-order valence-electron chi connectivity index (χ3n) is 3.73. The minimum absolute atomic E-state index is 0.222. The lowest BCUT2D eigenvalue weighted by molar-refractivity contribution is -0.120. The van der Waals surface area contributed by atoms with E-state index in [0.717, 1.165) is 5.69 Å². The first-order valence-electron chi connectivity index (χ1n) is 7.38. The summed E-state index contributed by atoms with van der Waals surface area (Å²) in [4.78, 5) is 13.8. The van der Waals surface area contributed by atoms with E-state index < -0.39 is 5.66 Å². The number of nitrogens with one attached hydrogen (secondary N) is 1. The van der Waals surface area contributed by atoms with Crippen LogP contribution in [0.3, 0.4) is 0 Å². The summed E-state index contributed by atoms with van der Waals surface area (Å²) in [5.41, 5.74) is 0.476. The van der Waals surface area contributed by atoms with Crippen molar-refractivity contribution in [2.24, 2.45) is 0 Å². The van der Waals surface area contributed by atoms with Crippen molar-refractivity contribution in [1.29, 1.82) is 0 Å². The summed E-state index contributed by atoms with van der Waals surface area (Å²) < 4.78 is 13.4. The van der Waals surface area contributed by atoms with Crippen LogP contribution in [-0.4, -0.2) is 5.91 Å². The molecule has 0 saturated carbocycles. The van der Waals surface area contributed by atoms with Gasteiger partial charge in [-0.3, -0.25) is 4.79 Å². The molecule has 121 valence electrons. The molecule has 0 spiro atoms. The van der Waals surface area contributed by atoms with Gasteiger partial charge in [-0.05, 0) is 48.6 Å². The fourth-order valence-corrected chi connectivity index (χ4v) is 2.94. The van der Waals surface area contributed by atoms with Crippen LogP contribution >= 0.6 is 11.6 Å². The summed E-state index contributed by atoms with van der Waals surface area (Å²) in [6.45, 7) is 1.44. The number of rotatable bonds is 3. The maximum atomic E-state index is 13.4. The zero-order valence-corrected chi connectivity index (χ0v) is 13.7. The van der Waals surface area contributed by atoms with Crippen molar-refractivity contribution in [3.8, 4) is 0 Å². The Hall–Kier alpha value is -2.59.